The van der Waals surface area contributed by atoms with Gasteiger partial charge in [-0.2, -0.15) is 10.5 Å². The number of hydrogen-bond acceptors (Lipinski definition) is 8. The molecule has 4 aromatic heterocycles. The fraction of sp³-hybridized carbons (Fsp3) is 0.0606. The Labute approximate surface area is 452 Å². The van der Waals surface area contributed by atoms with Crippen LogP contribution < -0.4 is 42.0 Å². The average Bonchev–Trinajstić information content (AvgIpc) is 3.54. The Kier molecular flexibility index (Phi) is 13.4. The highest BCUT2D eigenvalue weighted by molar-refractivity contribution is 6.85. The largest absolute Gasteiger partial charge is 0.494 e. The second kappa shape index (κ2) is 21.5. The summed E-state index contributed by atoms with van der Waals surface area (Å²) in [6.45, 7) is 3.77. The minimum Gasteiger partial charge on any atom is -0.494 e. The number of ether oxygens (including phenoxy) is 2. The summed E-state index contributed by atoms with van der Waals surface area (Å²) in [5.41, 5.74) is 10.9. The van der Waals surface area contributed by atoms with Crippen molar-refractivity contribution in [2.75, 3.05) is 13.2 Å². The Morgan fingerprint density at radius 3 is 1.03 bits per heavy atom. The van der Waals surface area contributed by atoms with Crippen LogP contribution in [-0.4, -0.2) is 55.8 Å². The molecule has 370 valence electrons. The SMILES string of the molecule is CCOc1ccc(-c2c3/c(=C(\C#N)c4cnc5ccccc5n4)n(B(c4ccccc4)c4ccccc4)c(-c4ccc(OCC)cc4)c3/c(=C(\C#N)c3cnc4ccccc4n3)n2B(c2ccccc2)c2ccccc2)cc1. The molecular weight excluding hydrogens is 958 g/mol. The Hall–Kier alpha value is -10.3. The Morgan fingerprint density at radius 2 is 0.718 bits per heavy atom. The Balaban J connectivity index is 1.44. The van der Waals surface area contributed by atoms with Gasteiger partial charge in [-0.25, -0.2) is 9.97 Å². The van der Waals surface area contributed by atoms with Crippen molar-refractivity contribution < 1.29 is 9.47 Å². The third-order valence-electron chi connectivity index (χ3n) is 14.1. The van der Waals surface area contributed by atoms with E-state index in [0.717, 1.165) is 44.4 Å². The van der Waals surface area contributed by atoms with Gasteiger partial charge in [0.05, 0.1) is 58.4 Å². The molecule has 4 heterocycles. The second-order valence-corrected chi connectivity index (χ2v) is 18.7. The molecule has 12 aromatic rings. The second-order valence-electron chi connectivity index (χ2n) is 18.7. The normalized spacial score (nSPS) is 11.9. The first-order chi connectivity index (χ1) is 38.6. The van der Waals surface area contributed by atoms with Gasteiger partial charge in [0.15, 0.2) is 0 Å². The van der Waals surface area contributed by atoms with Crippen LogP contribution in [0, 0.1) is 22.7 Å². The first-order valence-corrected chi connectivity index (χ1v) is 26.0. The molecule has 0 N–H and O–H groups in total. The lowest BCUT2D eigenvalue weighted by molar-refractivity contribution is 0.340. The van der Waals surface area contributed by atoms with Gasteiger partial charge in [0.1, 0.15) is 46.2 Å². The van der Waals surface area contributed by atoms with Crippen LogP contribution in [0.3, 0.4) is 0 Å². The van der Waals surface area contributed by atoms with Gasteiger partial charge in [-0.05, 0) is 97.8 Å². The maximum atomic E-state index is 12.2. The highest BCUT2D eigenvalue weighted by atomic mass is 16.5. The van der Waals surface area contributed by atoms with E-state index in [9.17, 15) is 10.5 Å². The lowest BCUT2D eigenvalue weighted by Crippen LogP contribution is -2.54. The minimum absolute atomic E-state index is 0.281. The number of nitriles is 2. The van der Waals surface area contributed by atoms with Crippen LogP contribution in [0.15, 0.2) is 231 Å². The van der Waals surface area contributed by atoms with Crippen molar-refractivity contribution in [2.45, 2.75) is 13.8 Å². The molecule has 0 aliphatic carbocycles. The van der Waals surface area contributed by atoms with Crippen molar-refractivity contribution in [2.24, 2.45) is 0 Å². The van der Waals surface area contributed by atoms with Crippen molar-refractivity contribution in [3.8, 4) is 46.2 Å². The molecule has 0 aliphatic heterocycles. The quantitative estimate of drug-likeness (QED) is 0.0988. The van der Waals surface area contributed by atoms with Crippen LogP contribution in [0.5, 0.6) is 11.5 Å². The van der Waals surface area contributed by atoms with Gasteiger partial charge >= 0.3 is 13.7 Å². The van der Waals surface area contributed by atoms with Crippen LogP contribution in [-0.2, 0) is 0 Å². The Bertz CT molecular complexity index is 4010. The van der Waals surface area contributed by atoms with E-state index in [1.807, 2.05) is 159 Å². The molecule has 0 spiro atoms. The first kappa shape index (κ1) is 48.6. The summed E-state index contributed by atoms with van der Waals surface area (Å²) in [4.78, 5) is 20.4. The summed E-state index contributed by atoms with van der Waals surface area (Å²) in [6, 6.07) is 78.5. The number of para-hydroxylation sites is 4. The van der Waals surface area contributed by atoms with Gasteiger partial charge in [-0.1, -0.05) is 167 Å². The minimum atomic E-state index is -0.562. The highest BCUT2D eigenvalue weighted by Gasteiger charge is 2.37. The number of nitrogens with zero attached hydrogens (tertiary/aromatic N) is 8. The van der Waals surface area contributed by atoms with Crippen LogP contribution in [0.25, 0.3) is 66.5 Å². The van der Waals surface area contributed by atoms with E-state index < -0.39 is 13.7 Å². The fourth-order valence-corrected chi connectivity index (χ4v) is 10.9. The third kappa shape index (κ3) is 8.91. The molecular formula is C66H48B2N8O2. The molecule has 0 saturated heterocycles. The van der Waals surface area contributed by atoms with Gasteiger partial charge in [0, 0.05) is 22.2 Å². The molecule has 0 bridgehead atoms. The van der Waals surface area contributed by atoms with Crippen molar-refractivity contribution in [3.63, 3.8) is 0 Å². The van der Waals surface area contributed by atoms with Gasteiger partial charge in [-0.3, -0.25) is 9.97 Å². The number of benzene rings is 8. The molecule has 12 heteroatoms. The van der Waals surface area contributed by atoms with Gasteiger partial charge in [0.2, 0.25) is 0 Å². The summed E-state index contributed by atoms with van der Waals surface area (Å²) >= 11 is 0. The van der Waals surface area contributed by atoms with E-state index in [1.54, 1.807) is 12.4 Å². The predicted octanol–water partition coefficient (Wildman–Crippen LogP) is 9.21. The van der Waals surface area contributed by atoms with Gasteiger partial charge in [-0.15, -0.1) is 0 Å². The average molecular weight is 1010 g/mol. The lowest BCUT2D eigenvalue weighted by atomic mass is 9.50. The van der Waals surface area contributed by atoms with E-state index in [4.69, 9.17) is 29.4 Å². The molecule has 0 aliphatic rings. The van der Waals surface area contributed by atoms with Crippen molar-refractivity contribution in [3.05, 3.63) is 253 Å². The van der Waals surface area contributed by atoms with Crippen LogP contribution in [0.4, 0.5) is 0 Å². The predicted molar refractivity (Wildman–Crippen MR) is 314 cm³/mol. The molecule has 0 unspecified atom stereocenters. The zero-order valence-electron chi connectivity index (χ0n) is 42.9. The van der Waals surface area contributed by atoms with Crippen molar-refractivity contribution in [1.82, 2.24) is 28.9 Å². The monoisotopic (exact) mass is 1010 g/mol. The number of rotatable bonds is 14. The summed E-state index contributed by atoms with van der Waals surface area (Å²) in [5.74, 6) is 1.40. The third-order valence-corrected chi connectivity index (χ3v) is 14.1. The summed E-state index contributed by atoms with van der Waals surface area (Å²) in [7, 11) is 0. The van der Waals surface area contributed by atoms with E-state index in [1.165, 1.54) is 0 Å². The van der Waals surface area contributed by atoms with E-state index in [0.29, 0.717) is 79.6 Å². The van der Waals surface area contributed by atoms with Crippen LogP contribution in [0.2, 0.25) is 0 Å². The molecule has 0 atom stereocenters. The highest BCUT2D eigenvalue weighted by Crippen LogP contribution is 2.37. The summed E-state index contributed by atoms with van der Waals surface area (Å²) in [6.07, 6.45) is 3.40. The molecule has 8 aromatic carbocycles. The van der Waals surface area contributed by atoms with Crippen molar-refractivity contribution >= 4 is 79.5 Å². The standard InChI is InChI=1S/C66H48B2N8O2/c1-3-77-51-37-33-45(34-38-51)63-61-62(66(54(42-70)60-44-72-56-30-18-20-32-58(56)74-60)75(63)67(47-21-9-5-10-22-47)48-23-11-6-12-24-48)64(46-35-39-52(40-36-46)78-4-2)76(68(49-25-13-7-14-26-49)50-27-15-8-16-28-50)65(61)53(41-69)59-43-71-55-29-17-19-31-57(55)73-59/h5-40,43-44H,3-4H2,1-2H3/b65-53-,66-54-. The smallest absolute Gasteiger partial charge is 0.328 e. The maximum Gasteiger partial charge on any atom is 0.328 e. The topological polar surface area (TPSA) is 127 Å². The van der Waals surface area contributed by atoms with E-state index >= 15 is 0 Å². The molecule has 0 radical (unpaired) electrons. The lowest BCUT2D eigenvalue weighted by Gasteiger charge is -2.24. The number of fused-ring (bicyclic) bond motifs is 3. The van der Waals surface area contributed by atoms with E-state index in [-0.39, 0.29) is 11.1 Å². The molecule has 78 heavy (non-hydrogen) atoms. The first-order valence-electron chi connectivity index (χ1n) is 26.0. The Morgan fingerprint density at radius 1 is 0.410 bits per heavy atom. The molecule has 12 rings (SSSR count). The molecule has 0 amide bonds. The van der Waals surface area contributed by atoms with Gasteiger partial charge in [0.25, 0.3) is 0 Å². The molecule has 0 fully saturated rings. The molecule has 0 saturated carbocycles. The number of aromatic nitrogens is 6. The zero-order chi connectivity index (χ0) is 53.0. The van der Waals surface area contributed by atoms with Crippen LogP contribution >= 0.6 is 0 Å². The zero-order valence-corrected chi connectivity index (χ0v) is 42.9. The summed E-state index contributed by atoms with van der Waals surface area (Å²) in [5, 5.41) is 27.0. The van der Waals surface area contributed by atoms with Gasteiger partial charge < -0.3 is 18.4 Å². The molecule has 10 nitrogen and oxygen atoms in total. The van der Waals surface area contributed by atoms with E-state index in [2.05, 4.69) is 93.9 Å². The fourth-order valence-electron chi connectivity index (χ4n) is 10.9. The number of hydrogen-bond donors (Lipinski definition) is 0. The van der Waals surface area contributed by atoms with Crippen molar-refractivity contribution in [1.29, 1.82) is 10.5 Å². The maximum absolute atomic E-state index is 12.2. The summed E-state index contributed by atoms with van der Waals surface area (Å²) < 4.78 is 16.8. The van der Waals surface area contributed by atoms with Crippen LogP contribution in [0.1, 0.15) is 25.2 Å².